The molecule has 2 aromatic carbocycles. The molecule has 0 aromatic heterocycles. The van der Waals surface area contributed by atoms with E-state index >= 15 is 0 Å². The quantitative estimate of drug-likeness (QED) is 0.716. The number of nitrogens with two attached hydrogens (primary N) is 2. The number of para-hydroxylation sites is 1. The summed E-state index contributed by atoms with van der Waals surface area (Å²) in [5, 5.41) is 17.9. The molecule has 1 atom stereocenters. The third kappa shape index (κ3) is 3.80. The lowest BCUT2D eigenvalue weighted by Crippen LogP contribution is -2.35. The van der Waals surface area contributed by atoms with Crippen LogP contribution in [-0.4, -0.2) is 32.0 Å². The van der Waals surface area contributed by atoms with Crippen molar-refractivity contribution in [3.63, 3.8) is 0 Å². The second-order valence-electron chi connectivity index (χ2n) is 5.95. The van der Waals surface area contributed by atoms with E-state index in [1.807, 2.05) is 0 Å². The van der Waals surface area contributed by atoms with Gasteiger partial charge in [-0.2, -0.15) is 20.3 Å². The van der Waals surface area contributed by atoms with E-state index in [0.29, 0.717) is 11.3 Å². The molecule has 1 heterocycles. The number of anilines is 1. The highest BCUT2D eigenvalue weighted by Crippen LogP contribution is 2.25. The largest absolute Gasteiger partial charge is 0.364 e. The summed E-state index contributed by atoms with van der Waals surface area (Å²) in [7, 11) is -3.95. The number of rotatable bonds is 5. The Hall–Kier alpha value is -3.44. The number of carbonyl (C=O) groups excluding carboxylic acids is 2. The summed E-state index contributed by atoms with van der Waals surface area (Å²) in [6, 6.07) is 11.3. The van der Waals surface area contributed by atoms with E-state index in [4.69, 9.17) is 10.9 Å². The Balaban J connectivity index is 1.94. The minimum atomic E-state index is -3.95. The fraction of sp³-hybridized carbons (Fsp3) is 0.118. The maximum atomic E-state index is 12.7. The zero-order chi connectivity index (χ0) is 20.5. The molecule has 10 nitrogen and oxygen atoms in total. The molecule has 3 rings (SSSR count). The van der Waals surface area contributed by atoms with Gasteiger partial charge in [-0.25, -0.2) is 13.6 Å². The SMILES string of the molecule is Cc1ccc(N=NC2C(=O)N(c3ccccc3)N=C2C(N)=O)cc1S(N)(=O)=O. The summed E-state index contributed by atoms with van der Waals surface area (Å²) >= 11 is 0. The Morgan fingerprint density at radius 1 is 1.18 bits per heavy atom. The molecule has 11 heteroatoms. The number of primary sulfonamides is 1. The Bertz CT molecular complexity index is 1110. The highest BCUT2D eigenvalue weighted by Gasteiger charge is 2.40. The molecule has 1 unspecified atom stereocenters. The zero-order valence-electron chi connectivity index (χ0n) is 14.7. The first-order valence-corrected chi connectivity index (χ1v) is 9.55. The topological polar surface area (TPSA) is 161 Å². The average Bonchev–Trinajstić information content (AvgIpc) is 2.97. The van der Waals surface area contributed by atoms with Crippen LogP contribution in [0.4, 0.5) is 11.4 Å². The van der Waals surface area contributed by atoms with E-state index in [1.54, 1.807) is 37.3 Å². The molecule has 0 saturated carbocycles. The van der Waals surface area contributed by atoms with Crippen LogP contribution >= 0.6 is 0 Å². The van der Waals surface area contributed by atoms with Gasteiger partial charge in [-0.1, -0.05) is 24.3 Å². The lowest BCUT2D eigenvalue weighted by atomic mass is 10.2. The van der Waals surface area contributed by atoms with Crippen molar-refractivity contribution in [2.75, 3.05) is 5.01 Å². The molecule has 144 valence electrons. The van der Waals surface area contributed by atoms with Crippen LogP contribution in [0.15, 0.2) is 68.8 Å². The number of hydrazone groups is 1. The molecule has 0 saturated heterocycles. The Labute approximate surface area is 160 Å². The van der Waals surface area contributed by atoms with Gasteiger partial charge in [-0.15, -0.1) is 0 Å². The molecule has 28 heavy (non-hydrogen) atoms. The first-order chi connectivity index (χ1) is 13.2. The molecule has 0 fully saturated rings. The fourth-order valence-electron chi connectivity index (χ4n) is 2.57. The predicted octanol–water partition coefficient (Wildman–Crippen LogP) is 0.983. The van der Waals surface area contributed by atoms with Crippen molar-refractivity contribution in [3.05, 3.63) is 54.1 Å². The summed E-state index contributed by atoms with van der Waals surface area (Å²) in [6.07, 6.45) is 0. The van der Waals surface area contributed by atoms with Crippen molar-refractivity contribution in [2.45, 2.75) is 17.9 Å². The molecule has 0 radical (unpaired) electrons. The van der Waals surface area contributed by atoms with E-state index < -0.39 is 27.9 Å². The number of amides is 2. The highest BCUT2D eigenvalue weighted by atomic mass is 32.2. The molecule has 0 aliphatic carbocycles. The number of primary amides is 1. The van der Waals surface area contributed by atoms with Crippen LogP contribution < -0.4 is 15.9 Å². The monoisotopic (exact) mass is 400 g/mol. The number of nitrogens with zero attached hydrogens (tertiary/aromatic N) is 4. The number of azo groups is 1. The van der Waals surface area contributed by atoms with E-state index in [2.05, 4.69) is 15.3 Å². The van der Waals surface area contributed by atoms with Crippen molar-refractivity contribution in [1.82, 2.24) is 0 Å². The second kappa shape index (κ2) is 7.29. The molecule has 0 spiro atoms. The van der Waals surface area contributed by atoms with Crippen LogP contribution in [0.5, 0.6) is 0 Å². The van der Waals surface area contributed by atoms with Crippen LogP contribution in [0, 0.1) is 6.92 Å². The van der Waals surface area contributed by atoms with Crippen molar-refractivity contribution in [1.29, 1.82) is 0 Å². The Kier molecular flexibility index (Phi) is 5.03. The average molecular weight is 400 g/mol. The molecule has 4 N–H and O–H groups in total. The third-order valence-electron chi connectivity index (χ3n) is 3.93. The lowest BCUT2D eigenvalue weighted by Gasteiger charge is -2.11. The number of benzene rings is 2. The van der Waals surface area contributed by atoms with Crippen molar-refractivity contribution in [3.8, 4) is 0 Å². The van der Waals surface area contributed by atoms with Crippen molar-refractivity contribution in [2.24, 2.45) is 26.2 Å². The molecule has 0 bridgehead atoms. The molecule has 1 aliphatic heterocycles. The number of hydrogen-bond acceptors (Lipinski definition) is 7. The summed E-state index contributed by atoms with van der Waals surface area (Å²) in [6.45, 7) is 1.58. The van der Waals surface area contributed by atoms with E-state index in [9.17, 15) is 18.0 Å². The van der Waals surface area contributed by atoms with Crippen molar-refractivity contribution >= 4 is 38.9 Å². The zero-order valence-corrected chi connectivity index (χ0v) is 15.5. The van der Waals surface area contributed by atoms with E-state index in [0.717, 1.165) is 5.01 Å². The van der Waals surface area contributed by atoms with Gasteiger partial charge >= 0.3 is 0 Å². The maximum Gasteiger partial charge on any atom is 0.280 e. The highest BCUT2D eigenvalue weighted by molar-refractivity contribution is 7.89. The minimum Gasteiger partial charge on any atom is -0.364 e. The van der Waals surface area contributed by atoms with Gasteiger partial charge in [0, 0.05) is 0 Å². The van der Waals surface area contributed by atoms with Gasteiger partial charge in [-0.05, 0) is 36.8 Å². The van der Waals surface area contributed by atoms with Crippen LogP contribution in [0.3, 0.4) is 0 Å². The molecule has 2 aromatic rings. The molecular formula is C17H16N6O4S. The predicted molar refractivity (Wildman–Crippen MR) is 101 cm³/mol. The maximum absolute atomic E-state index is 12.7. The van der Waals surface area contributed by atoms with Gasteiger partial charge in [0.25, 0.3) is 11.8 Å². The number of hydrogen-bond donors (Lipinski definition) is 2. The first-order valence-electron chi connectivity index (χ1n) is 8.00. The van der Waals surface area contributed by atoms with Crippen molar-refractivity contribution < 1.29 is 18.0 Å². The van der Waals surface area contributed by atoms with Crippen LogP contribution in [-0.2, 0) is 19.6 Å². The Morgan fingerprint density at radius 3 is 2.46 bits per heavy atom. The smallest absolute Gasteiger partial charge is 0.280 e. The number of aryl methyl sites for hydroxylation is 1. The fourth-order valence-corrected chi connectivity index (χ4v) is 3.37. The molecule has 2 amide bonds. The second-order valence-corrected chi connectivity index (χ2v) is 7.48. The van der Waals surface area contributed by atoms with Gasteiger partial charge in [0.2, 0.25) is 16.1 Å². The number of carbonyl (C=O) groups is 2. The van der Waals surface area contributed by atoms with Crippen LogP contribution in [0.2, 0.25) is 0 Å². The summed E-state index contributed by atoms with van der Waals surface area (Å²) in [4.78, 5) is 24.2. The van der Waals surface area contributed by atoms with Gasteiger partial charge in [0.1, 0.15) is 0 Å². The summed E-state index contributed by atoms with van der Waals surface area (Å²) in [5.74, 6) is -1.52. The lowest BCUT2D eigenvalue weighted by molar-refractivity contribution is -0.118. The van der Waals surface area contributed by atoms with Gasteiger partial charge < -0.3 is 5.73 Å². The standard InChI is InChI=1S/C17H16N6O4S/c1-10-7-8-11(9-13(10)28(19,26)27)20-21-15-14(16(18)24)22-23(17(15)25)12-5-3-2-4-6-12/h2-9,15H,1H3,(H2,18,24)(H2,19,26,27). The Morgan fingerprint density at radius 2 is 1.86 bits per heavy atom. The minimum absolute atomic E-state index is 0.114. The van der Waals surface area contributed by atoms with Gasteiger partial charge in [0.05, 0.1) is 16.3 Å². The van der Waals surface area contributed by atoms with Crippen LogP contribution in [0.25, 0.3) is 0 Å². The van der Waals surface area contributed by atoms with E-state index in [-0.39, 0.29) is 16.3 Å². The summed E-state index contributed by atoms with van der Waals surface area (Å²) in [5.41, 5.74) is 6.07. The van der Waals surface area contributed by atoms with E-state index in [1.165, 1.54) is 18.2 Å². The van der Waals surface area contributed by atoms with Gasteiger partial charge in [0.15, 0.2) is 5.71 Å². The molecular weight excluding hydrogens is 384 g/mol. The third-order valence-corrected chi connectivity index (χ3v) is 4.98. The normalized spacial score (nSPS) is 17.2. The van der Waals surface area contributed by atoms with Crippen LogP contribution in [0.1, 0.15) is 5.56 Å². The molecule has 1 aliphatic rings. The van der Waals surface area contributed by atoms with Gasteiger partial charge in [-0.3, -0.25) is 9.59 Å². The number of sulfonamides is 1. The summed E-state index contributed by atoms with van der Waals surface area (Å²) < 4.78 is 23.2. The first kappa shape index (κ1) is 19.3.